The van der Waals surface area contributed by atoms with Crippen molar-refractivity contribution in [3.63, 3.8) is 0 Å². The van der Waals surface area contributed by atoms with Crippen molar-refractivity contribution in [2.24, 2.45) is 0 Å². The average molecular weight is 381 g/mol. The van der Waals surface area contributed by atoms with E-state index in [4.69, 9.17) is 9.47 Å². The van der Waals surface area contributed by atoms with Crippen LogP contribution in [0.2, 0.25) is 0 Å². The molecule has 2 unspecified atom stereocenters. The molecule has 28 heavy (non-hydrogen) atoms. The SMILES string of the molecule is CCOC(=O)c1ccc2c(c1)N(C(C)=O)C(=O)C2C(OCC)c1ccccc1. The van der Waals surface area contributed by atoms with E-state index in [0.29, 0.717) is 23.4 Å². The number of anilines is 1. The fraction of sp³-hybridized carbons (Fsp3) is 0.318. The van der Waals surface area contributed by atoms with E-state index >= 15 is 0 Å². The molecule has 0 aromatic heterocycles. The van der Waals surface area contributed by atoms with Gasteiger partial charge in [-0.2, -0.15) is 0 Å². The molecule has 2 amide bonds. The smallest absolute Gasteiger partial charge is 0.338 e. The molecule has 1 aliphatic rings. The number of hydrogen-bond acceptors (Lipinski definition) is 5. The molecule has 6 nitrogen and oxygen atoms in total. The molecule has 0 saturated heterocycles. The standard InChI is InChI=1S/C22H23NO5/c1-4-27-20(15-9-7-6-8-10-15)19-17-12-11-16(22(26)28-5-2)13-18(17)23(14(3)24)21(19)25/h6-13,19-20H,4-5H2,1-3H3. The third kappa shape index (κ3) is 3.55. The summed E-state index contributed by atoms with van der Waals surface area (Å²) in [6.45, 7) is 5.58. The van der Waals surface area contributed by atoms with E-state index in [2.05, 4.69) is 0 Å². The molecule has 0 saturated carbocycles. The molecular weight excluding hydrogens is 358 g/mol. The predicted octanol–water partition coefficient (Wildman–Crippen LogP) is 3.62. The number of hydrogen-bond donors (Lipinski definition) is 0. The van der Waals surface area contributed by atoms with Gasteiger partial charge >= 0.3 is 5.97 Å². The molecule has 6 heteroatoms. The van der Waals surface area contributed by atoms with E-state index in [1.54, 1.807) is 25.1 Å². The van der Waals surface area contributed by atoms with Crippen molar-refractivity contribution in [3.8, 4) is 0 Å². The van der Waals surface area contributed by atoms with Crippen LogP contribution in [0.5, 0.6) is 0 Å². The number of benzene rings is 2. The number of carbonyl (C=O) groups excluding carboxylic acids is 3. The molecule has 1 aliphatic heterocycles. The molecule has 3 rings (SSSR count). The molecule has 2 aromatic carbocycles. The van der Waals surface area contributed by atoms with Crippen molar-refractivity contribution in [1.82, 2.24) is 0 Å². The minimum absolute atomic E-state index is 0.244. The van der Waals surface area contributed by atoms with Crippen molar-refractivity contribution in [2.45, 2.75) is 32.8 Å². The second-order valence-electron chi connectivity index (χ2n) is 6.45. The molecular formula is C22H23NO5. The summed E-state index contributed by atoms with van der Waals surface area (Å²) < 4.78 is 11.0. The number of imide groups is 1. The first-order valence-electron chi connectivity index (χ1n) is 9.31. The molecule has 0 bridgehead atoms. The van der Waals surface area contributed by atoms with Crippen molar-refractivity contribution in [1.29, 1.82) is 0 Å². The number of amides is 2. The molecule has 0 radical (unpaired) electrons. The molecule has 2 aromatic rings. The Bertz CT molecular complexity index is 893. The highest BCUT2D eigenvalue weighted by molar-refractivity contribution is 6.21. The Morgan fingerprint density at radius 2 is 1.79 bits per heavy atom. The maximum atomic E-state index is 13.2. The van der Waals surface area contributed by atoms with Gasteiger partial charge < -0.3 is 9.47 Å². The summed E-state index contributed by atoms with van der Waals surface area (Å²) in [6.07, 6.45) is -0.532. The van der Waals surface area contributed by atoms with Gasteiger partial charge in [0.15, 0.2) is 0 Å². The summed E-state index contributed by atoms with van der Waals surface area (Å²) in [5.41, 5.74) is 2.23. The number of rotatable bonds is 6. The number of ether oxygens (including phenoxy) is 2. The largest absolute Gasteiger partial charge is 0.462 e. The summed E-state index contributed by atoms with van der Waals surface area (Å²) in [6, 6.07) is 14.3. The van der Waals surface area contributed by atoms with Crippen LogP contribution in [0.4, 0.5) is 5.69 Å². The highest BCUT2D eigenvalue weighted by atomic mass is 16.5. The van der Waals surface area contributed by atoms with Crippen LogP contribution in [0.1, 0.15) is 54.3 Å². The Balaban J connectivity index is 2.10. The molecule has 0 fully saturated rings. The van der Waals surface area contributed by atoms with Gasteiger partial charge in [0.25, 0.3) is 0 Å². The van der Waals surface area contributed by atoms with E-state index in [-0.39, 0.29) is 12.5 Å². The van der Waals surface area contributed by atoms with Gasteiger partial charge in [-0.05, 0) is 37.1 Å². The number of esters is 1. The van der Waals surface area contributed by atoms with Crippen LogP contribution in [0.15, 0.2) is 48.5 Å². The van der Waals surface area contributed by atoms with Crippen molar-refractivity contribution >= 4 is 23.5 Å². The summed E-state index contributed by atoms with van der Waals surface area (Å²) >= 11 is 0. The highest BCUT2D eigenvalue weighted by Gasteiger charge is 2.45. The second-order valence-corrected chi connectivity index (χ2v) is 6.45. The lowest BCUT2D eigenvalue weighted by Gasteiger charge is -2.23. The Labute approximate surface area is 164 Å². The normalized spacial score (nSPS) is 16.6. The molecule has 1 heterocycles. The third-order valence-electron chi connectivity index (χ3n) is 4.70. The third-order valence-corrected chi connectivity index (χ3v) is 4.70. The number of fused-ring (bicyclic) bond motifs is 1. The molecule has 2 atom stereocenters. The van der Waals surface area contributed by atoms with Gasteiger partial charge in [-0.25, -0.2) is 9.69 Å². The first kappa shape index (κ1) is 19.8. The first-order chi connectivity index (χ1) is 13.5. The van der Waals surface area contributed by atoms with Gasteiger partial charge in [-0.1, -0.05) is 36.4 Å². The van der Waals surface area contributed by atoms with Crippen LogP contribution in [0.3, 0.4) is 0 Å². The fourth-order valence-electron chi connectivity index (χ4n) is 3.56. The van der Waals surface area contributed by atoms with Crippen LogP contribution >= 0.6 is 0 Å². The van der Waals surface area contributed by atoms with Gasteiger partial charge in [0.05, 0.1) is 29.9 Å². The lowest BCUT2D eigenvalue weighted by Crippen LogP contribution is -2.35. The van der Waals surface area contributed by atoms with Gasteiger partial charge in [0, 0.05) is 13.5 Å². The Kier molecular flexibility index (Phi) is 5.90. The fourth-order valence-corrected chi connectivity index (χ4v) is 3.56. The lowest BCUT2D eigenvalue weighted by atomic mass is 9.89. The predicted molar refractivity (Wildman–Crippen MR) is 104 cm³/mol. The van der Waals surface area contributed by atoms with Crippen LogP contribution in [0.25, 0.3) is 0 Å². The summed E-state index contributed by atoms with van der Waals surface area (Å²) in [4.78, 5) is 38.7. The maximum absolute atomic E-state index is 13.2. The van der Waals surface area contributed by atoms with Crippen molar-refractivity contribution in [3.05, 3.63) is 65.2 Å². The zero-order chi connectivity index (χ0) is 20.3. The van der Waals surface area contributed by atoms with Gasteiger partial charge in [0.1, 0.15) is 0 Å². The Morgan fingerprint density at radius 1 is 1.07 bits per heavy atom. The number of carbonyl (C=O) groups is 3. The minimum Gasteiger partial charge on any atom is -0.462 e. The second kappa shape index (κ2) is 8.35. The maximum Gasteiger partial charge on any atom is 0.338 e. The van der Waals surface area contributed by atoms with E-state index < -0.39 is 23.9 Å². The first-order valence-corrected chi connectivity index (χ1v) is 9.31. The van der Waals surface area contributed by atoms with E-state index in [1.807, 2.05) is 37.3 Å². The van der Waals surface area contributed by atoms with Gasteiger partial charge in [-0.3, -0.25) is 9.59 Å². The quantitative estimate of drug-likeness (QED) is 0.715. The zero-order valence-corrected chi connectivity index (χ0v) is 16.2. The summed E-state index contributed by atoms with van der Waals surface area (Å²) in [5, 5.41) is 0. The van der Waals surface area contributed by atoms with E-state index in [9.17, 15) is 14.4 Å². The van der Waals surface area contributed by atoms with Crippen LogP contribution in [-0.4, -0.2) is 31.0 Å². The molecule has 0 N–H and O–H groups in total. The minimum atomic E-state index is -0.669. The Morgan fingerprint density at radius 3 is 2.39 bits per heavy atom. The van der Waals surface area contributed by atoms with Crippen molar-refractivity contribution in [2.75, 3.05) is 18.1 Å². The van der Waals surface area contributed by atoms with E-state index in [0.717, 1.165) is 10.5 Å². The molecule has 146 valence electrons. The topological polar surface area (TPSA) is 72.9 Å². The molecule has 0 spiro atoms. The number of nitrogens with zero attached hydrogens (tertiary/aromatic N) is 1. The highest BCUT2D eigenvalue weighted by Crippen LogP contribution is 2.46. The van der Waals surface area contributed by atoms with Crippen LogP contribution in [0, 0.1) is 0 Å². The van der Waals surface area contributed by atoms with Gasteiger partial charge in [-0.15, -0.1) is 0 Å². The van der Waals surface area contributed by atoms with Crippen LogP contribution in [-0.2, 0) is 19.1 Å². The van der Waals surface area contributed by atoms with E-state index in [1.165, 1.54) is 6.92 Å². The lowest BCUT2D eigenvalue weighted by molar-refractivity contribution is -0.127. The summed E-state index contributed by atoms with van der Waals surface area (Å²) in [7, 11) is 0. The summed E-state index contributed by atoms with van der Waals surface area (Å²) in [5.74, 6) is -1.92. The monoisotopic (exact) mass is 381 g/mol. The van der Waals surface area contributed by atoms with Crippen molar-refractivity contribution < 1.29 is 23.9 Å². The van der Waals surface area contributed by atoms with Gasteiger partial charge in [0.2, 0.25) is 11.8 Å². The Hall–Kier alpha value is -2.99. The molecule has 0 aliphatic carbocycles. The zero-order valence-electron chi connectivity index (χ0n) is 16.2. The van der Waals surface area contributed by atoms with Crippen LogP contribution < -0.4 is 4.90 Å². The average Bonchev–Trinajstić information content (AvgIpc) is 2.98.